The van der Waals surface area contributed by atoms with Gasteiger partial charge in [0.2, 0.25) is 0 Å². The Kier molecular flexibility index (Phi) is 1.66. The first-order chi connectivity index (χ1) is 4.61. The van der Waals surface area contributed by atoms with Gasteiger partial charge < -0.3 is 5.73 Å². The minimum absolute atomic E-state index is 0.642. The molecule has 0 saturated carbocycles. The van der Waals surface area contributed by atoms with E-state index in [2.05, 4.69) is 13.0 Å². The average Bonchev–Trinajstić information content (AvgIpc) is 1.84. The molecule has 0 fully saturated rings. The van der Waals surface area contributed by atoms with Crippen LogP contribution in [0.1, 0.15) is 16.7 Å². The van der Waals surface area contributed by atoms with Crippen LogP contribution < -0.4 is 5.73 Å². The lowest BCUT2D eigenvalue weighted by atomic mass is 10.1. The number of benzene rings is 1. The van der Waals surface area contributed by atoms with Crippen molar-refractivity contribution < 1.29 is 0 Å². The molecule has 10 heavy (non-hydrogen) atoms. The number of aryl methyl sites for hydroxylation is 3. The SMILES string of the molecule is Cc1cc(C)c([NH])cc1C. The van der Waals surface area contributed by atoms with Crippen LogP contribution in [0.5, 0.6) is 0 Å². The molecule has 0 aromatic heterocycles. The average molecular weight is 134 g/mol. The molecule has 1 radical (unpaired) electrons. The first-order valence-electron chi connectivity index (χ1n) is 3.40. The Bertz CT molecular complexity index is 201. The third kappa shape index (κ3) is 1.13. The fourth-order valence-electron chi connectivity index (χ4n) is 0.961. The summed E-state index contributed by atoms with van der Waals surface area (Å²) < 4.78 is 0. The smallest absolute Gasteiger partial charge is 0.0571 e. The van der Waals surface area contributed by atoms with Crippen molar-refractivity contribution in [2.24, 2.45) is 0 Å². The van der Waals surface area contributed by atoms with Gasteiger partial charge in [0.05, 0.1) is 5.69 Å². The summed E-state index contributed by atoms with van der Waals surface area (Å²) in [6.07, 6.45) is 0. The summed E-state index contributed by atoms with van der Waals surface area (Å²) in [6.45, 7) is 6.07. The van der Waals surface area contributed by atoms with Crippen LogP contribution in [-0.2, 0) is 0 Å². The Morgan fingerprint density at radius 3 is 1.90 bits per heavy atom. The van der Waals surface area contributed by atoms with E-state index in [0.29, 0.717) is 5.69 Å². The van der Waals surface area contributed by atoms with Crippen LogP contribution in [0.2, 0.25) is 0 Å². The van der Waals surface area contributed by atoms with Gasteiger partial charge in [0.1, 0.15) is 0 Å². The Labute approximate surface area is 61.9 Å². The summed E-state index contributed by atoms with van der Waals surface area (Å²) in [4.78, 5) is 0. The Balaban J connectivity index is 3.28. The highest BCUT2D eigenvalue weighted by molar-refractivity contribution is 5.48. The molecule has 0 amide bonds. The van der Waals surface area contributed by atoms with Crippen molar-refractivity contribution in [1.82, 2.24) is 5.73 Å². The van der Waals surface area contributed by atoms with Crippen LogP contribution >= 0.6 is 0 Å². The molecule has 1 nitrogen and oxygen atoms in total. The quantitative estimate of drug-likeness (QED) is 0.520. The topological polar surface area (TPSA) is 23.8 Å². The molecule has 0 aliphatic heterocycles. The van der Waals surface area contributed by atoms with Gasteiger partial charge in [-0.25, -0.2) is 0 Å². The van der Waals surface area contributed by atoms with Crippen molar-refractivity contribution in [3.8, 4) is 0 Å². The van der Waals surface area contributed by atoms with Crippen molar-refractivity contribution >= 4 is 5.69 Å². The van der Waals surface area contributed by atoms with E-state index in [9.17, 15) is 0 Å². The molecular formula is C9H12N. The molecule has 1 aromatic carbocycles. The van der Waals surface area contributed by atoms with Gasteiger partial charge in [-0.15, -0.1) is 0 Å². The normalized spacial score (nSPS) is 9.90. The third-order valence-electron chi connectivity index (χ3n) is 1.84. The first kappa shape index (κ1) is 7.13. The summed E-state index contributed by atoms with van der Waals surface area (Å²) in [5.41, 5.74) is 11.6. The lowest BCUT2D eigenvalue weighted by molar-refractivity contribution is 1.27. The highest BCUT2D eigenvalue weighted by Gasteiger charge is 1.96. The monoisotopic (exact) mass is 134 g/mol. The molecule has 1 N–H and O–H groups in total. The van der Waals surface area contributed by atoms with E-state index in [1.807, 2.05) is 19.9 Å². The summed E-state index contributed by atoms with van der Waals surface area (Å²) in [6, 6.07) is 3.96. The van der Waals surface area contributed by atoms with Gasteiger partial charge >= 0.3 is 0 Å². The molecular weight excluding hydrogens is 122 g/mol. The molecule has 0 atom stereocenters. The number of rotatable bonds is 0. The number of hydrogen-bond acceptors (Lipinski definition) is 0. The summed E-state index contributed by atoms with van der Waals surface area (Å²) >= 11 is 0. The second-order valence-electron chi connectivity index (χ2n) is 2.75. The highest BCUT2D eigenvalue weighted by Crippen LogP contribution is 2.17. The van der Waals surface area contributed by atoms with E-state index in [1.54, 1.807) is 0 Å². The standard InChI is InChI=1S/C9H12N/c1-6-4-8(3)9(10)5-7(6)2/h4-5,10H,1-3H3. The zero-order chi connectivity index (χ0) is 7.72. The van der Waals surface area contributed by atoms with E-state index >= 15 is 0 Å². The van der Waals surface area contributed by atoms with Gasteiger partial charge in [0, 0.05) is 0 Å². The van der Waals surface area contributed by atoms with Crippen LogP contribution in [0.15, 0.2) is 12.1 Å². The predicted octanol–water partition coefficient (Wildman–Crippen LogP) is 2.53. The van der Waals surface area contributed by atoms with Gasteiger partial charge in [-0.3, -0.25) is 0 Å². The first-order valence-corrected chi connectivity index (χ1v) is 3.40. The lowest BCUT2D eigenvalue weighted by Crippen LogP contribution is -1.84. The second-order valence-corrected chi connectivity index (χ2v) is 2.75. The minimum atomic E-state index is 0.642. The fraction of sp³-hybridized carbons (Fsp3) is 0.333. The molecule has 1 rings (SSSR count). The predicted molar refractivity (Wildman–Crippen MR) is 43.4 cm³/mol. The van der Waals surface area contributed by atoms with E-state index in [4.69, 9.17) is 5.73 Å². The number of hydrogen-bond donors (Lipinski definition) is 0. The molecule has 0 saturated heterocycles. The molecule has 0 heterocycles. The zero-order valence-corrected chi connectivity index (χ0v) is 6.65. The molecule has 0 unspecified atom stereocenters. The maximum atomic E-state index is 7.46. The van der Waals surface area contributed by atoms with Gasteiger partial charge in [-0.1, -0.05) is 6.07 Å². The van der Waals surface area contributed by atoms with Crippen LogP contribution in [0.4, 0.5) is 5.69 Å². The second kappa shape index (κ2) is 2.33. The van der Waals surface area contributed by atoms with E-state index in [1.165, 1.54) is 11.1 Å². The molecule has 53 valence electrons. The van der Waals surface area contributed by atoms with Crippen molar-refractivity contribution in [1.29, 1.82) is 0 Å². The maximum Gasteiger partial charge on any atom is 0.0571 e. The van der Waals surface area contributed by atoms with Gasteiger partial charge in [-0.05, 0) is 43.5 Å². The third-order valence-corrected chi connectivity index (χ3v) is 1.84. The fourth-order valence-corrected chi connectivity index (χ4v) is 0.961. The van der Waals surface area contributed by atoms with Gasteiger partial charge in [0.15, 0.2) is 0 Å². The lowest BCUT2D eigenvalue weighted by Gasteiger charge is -2.03. The van der Waals surface area contributed by atoms with E-state index in [0.717, 1.165) is 5.56 Å². The van der Waals surface area contributed by atoms with Crippen molar-refractivity contribution in [3.05, 3.63) is 28.8 Å². The molecule has 0 aliphatic rings. The van der Waals surface area contributed by atoms with E-state index < -0.39 is 0 Å². The van der Waals surface area contributed by atoms with Crippen LogP contribution in [0.3, 0.4) is 0 Å². The van der Waals surface area contributed by atoms with Crippen LogP contribution in [0.25, 0.3) is 0 Å². The van der Waals surface area contributed by atoms with Crippen LogP contribution in [0, 0.1) is 20.8 Å². The Morgan fingerprint density at radius 2 is 1.40 bits per heavy atom. The highest BCUT2D eigenvalue weighted by atomic mass is 14.6. The summed E-state index contributed by atoms with van der Waals surface area (Å²) in [5, 5.41) is 0. The Morgan fingerprint density at radius 1 is 0.900 bits per heavy atom. The van der Waals surface area contributed by atoms with Gasteiger partial charge in [0.25, 0.3) is 0 Å². The molecule has 1 aromatic rings. The molecule has 0 aliphatic carbocycles. The van der Waals surface area contributed by atoms with Gasteiger partial charge in [-0.2, -0.15) is 0 Å². The maximum absolute atomic E-state index is 7.46. The molecule has 0 spiro atoms. The molecule has 1 heteroatoms. The largest absolute Gasteiger partial charge is 0.301 e. The zero-order valence-electron chi connectivity index (χ0n) is 6.65. The van der Waals surface area contributed by atoms with Crippen molar-refractivity contribution in [3.63, 3.8) is 0 Å². The van der Waals surface area contributed by atoms with E-state index in [-0.39, 0.29) is 0 Å². The summed E-state index contributed by atoms with van der Waals surface area (Å²) in [7, 11) is 0. The number of nitrogens with one attached hydrogen (secondary N) is 1. The van der Waals surface area contributed by atoms with Crippen molar-refractivity contribution in [2.45, 2.75) is 20.8 Å². The van der Waals surface area contributed by atoms with Crippen molar-refractivity contribution in [2.75, 3.05) is 0 Å². The van der Waals surface area contributed by atoms with Crippen LogP contribution in [-0.4, -0.2) is 0 Å². The Hall–Kier alpha value is -0.980. The summed E-state index contributed by atoms with van der Waals surface area (Å²) in [5.74, 6) is 0. The minimum Gasteiger partial charge on any atom is -0.301 e. The molecule has 0 bridgehead atoms.